The van der Waals surface area contributed by atoms with E-state index in [2.05, 4.69) is 0 Å². The molecule has 2 heterocycles. The van der Waals surface area contributed by atoms with Crippen molar-refractivity contribution < 1.29 is 14.4 Å². The van der Waals surface area contributed by atoms with Gasteiger partial charge >= 0.3 is 6.03 Å². The molecular weight excluding hydrogens is 356 g/mol. The summed E-state index contributed by atoms with van der Waals surface area (Å²) in [7, 11) is 0. The quantitative estimate of drug-likeness (QED) is 0.773. The maximum atomic E-state index is 12.9. The highest BCUT2D eigenvalue weighted by atomic mass is 16.2. The average Bonchev–Trinajstić information content (AvgIpc) is 3.09. The zero-order chi connectivity index (χ0) is 20.1. The number of carbonyl (C=O) groups is 3. The van der Waals surface area contributed by atoms with Gasteiger partial charge < -0.3 is 19.6 Å². The van der Waals surface area contributed by atoms with Crippen molar-refractivity contribution in [3.05, 3.63) is 35.9 Å². The van der Waals surface area contributed by atoms with E-state index in [0.717, 1.165) is 5.56 Å². The van der Waals surface area contributed by atoms with Gasteiger partial charge in [0, 0.05) is 58.8 Å². The van der Waals surface area contributed by atoms with Gasteiger partial charge in [0.25, 0.3) is 0 Å². The number of amides is 4. The summed E-state index contributed by atoms with van der Waals surface area (Å²) in [5.41, 5.74) is 1.08. The highest BCUT2D eigenvalue weighted by Crippen LogP contribution is 2.23. The summed E-state index contributed by atoms with van der Waals surface area (Å²) in [6.45, 7) is 8.53. The van der Waals surface area contributed by atoms with Crippen LogP contribution in [0.5, 0.6) is 0 Å². The van der Waals surface area contributed by atoms with Crippen LogP contribution >= 0.6 is 0 Å². The van der Waals surface area contributed by atoms with Crippen LogP contribution in [0.25, 0.3) is 0 Å². The van der Waals surface area contributed by atoms with Crippen molar-refractivity contribution in [2.24, 2.45) is 5.92 Å². The Morgan fingerprint density at radius 3 is 2.21 bits per heavy atom. The monoisotopic (exact) mass is 386 g/mol. The van der Waals surface area contributed by atoms with E-state index in [9.17, 15) is 14.4 Å². The summed E-state index contributed by atoms with van der Waals surface area (Å²) in [4.78, 5) is 44.9. The Hall–Kier alpha value is -2.57. The smallest absolute Gasteiger partial charge is 0.320 e. The number of hydrogen-bond acceptors (Lipinski definition) is 3. The van der Waals surface area contributed by atoms with Crippen LogP contribution in [0.4, 0.5) is 4.79 Å². The Morgan fingerprint density at radius 2 is 1.61 bits per heavy atom. The number of nitrogens with zero attached hydrogens (tertiary/aromatic N) is 4. The van der Waals surface area contributed by atoms with E-state index in [0.29, 0.717) is 52.4 Å². The van der Waals surface area contributed by atoms with Gasteiger partial charge in [-0.25, -0.2) is 4.79 Å². The lowest BCUT2D eigenvalue weighted by Crippen LogP contribution is -2.55. The molecule has 2 aliphatic rings. The molecule has 3 rings (SSSR count). The van der Waals surface area contributed by atoms with Gasteiger partial charge in [-0.15, -0.1) is 0 Å². The summed E-state index contributed by atoms with van der Waals surface area (Å²) < 4.78 is 0. The molecule has 7 heteroatoms. The molecule has 4 amide bonds. The van der Waals surface area contributed by atoms with Crippen molar-refractivity contribution in [1.82, 2.24) is 19.6 Å². The predicted molar refractivity (Wildman–Crippen MR) is 106 cm³/mol. The number of rotatable bonds is 5. The molecule has 28 heavy (non-hydrogen) atoms. The minimum absolute atomic E-state index is 0.0394. The minimum Gasteiger partial charge on any atom is -0.339 e. The molecule has 0 bridgehead atoms. The summed E-state index contributed by atoms with van der Waals surface area (Å²) in [6, 6.07) is 9.90. The molecule has 0 aliphatic carbocycles. The van der Waals surface area contributed by atoms with Crippen LogP contribution < -0.4 is 0 Å². The highest BCUT2D eigenvalue weighted by Gasteiger charge is 2.37. The second kappa shape index (κ2) is 9.08. The first-order valence-electron chi connectivity index (χ1n) is 10.2. The topological polar surface area (TPSA) is 64.2 Å². The van der Waals surface area contributed by atoms with Crippen molar-refractivity contribution in [2.75, 3.05) is 45.8 Å². The highest BCUT2D eigenvalue weighted by molar-refractivity contribution is 5.89. The van der Waals surface area contributed by atoms with Crippen LogP contribution in [0, 0.1) is 5.92 Å². The molecule has 2 saturated heterocycles. The number of likely N-dealkylation sites (tertiary alicyclic amines) is 1. The first-order valence-corrected chi connectivity index (χ1v) is 10.2. The van der Waals surface area contributed by atoms with Crippen LogP contribution in [-0.4, -0.2) is 83.3 Å². The zero-order valence-corrected chi connectivity index (χ0v) is 16.8. The van der Waals surface area contributed by atoms with Crippen molar-refractivity contribution in [3.63, 3.8) is 0 Å². The summed E-state index contributed by atoms with van der Waals surface area (Å²) in [5, 5.41) is 0. The predicted octanol–water partition coefficient (Wildman–Crippen LogP) is 1.64. The van der Waals surface area contributed by atoms with Gasteiger partial charge in [-0.2, -0.15) is 0 Å². The number of piperazine rings is 1. The summed E-state index contributed by atoms with van der Waals surface area (Å²) in [6.07, 6.45) is 0.282. The fourth-order valence-electron chi connectivity index (χ4n) is 3.96. The largest absolute Gasteiger partial charge is 0.339 e. The van der Waals surface area contributed by atoms with Gasteiger partial charge in [0.15, 0.2) is 0 Å². The van der Waals surface area contributed by atoms with E-state index in [1.165, 1.54) is 0 Å². The van der Waals surface area contributed by atoms with Gasteiger partial charge in [-0.05, 0) is 19.4 Å². The van der Waals surface area contributed by atoms with Crippen LogP contribution in [0.3, 0.4) is 0 Å². The molecular formula is C21H30N4O3. The molecule has 0 radical (unpaired) electrons. The number of benzene rings is 1. The van der Waals surface area contributed by atoms with Crippen molar-refractivity contribution >= 4 is 17.8 Å². The fourth-order valence-corrected chi connectivity index (χ4v) is 3.96. The lowest BCUT2D eigenvalue weighted by atomic mass is 10.1. The molecule has 0 N–H and O–H groups in total. The minimum atomic E-state index is -0.277. The molecule has 1 aromatic carbocycles. The molecule has 2 fully saturated rings. The van der Waals surface area contributed by atoms with Gasteiger partial charge in [0.1, 0.15) is 0 Å². The molecule has 1 atom stereocenters. The van der Waals surface area contributed by atoms with E-state index < -0.39 is 0 Å². The first-order chi connectivity index (χ1) is 13.5. The third kappa shape index (κ3) is 4.46. The van der Waals surface area contributed by atoms with Gasteiger partial charge in [-0.1, -0.05) is 30.3 Å². The normalized spacial score (nSPS) is 19.9. The van der Waals surface area contributed by atoms with E-state index >= 15 is 0 Å². The van der Waals surface area contributed by atoms with Crippen molar-refractivity contribution in [3.8, 4) is 0 Å². The molecule has 1 unspecified atom stereocenters. The van der Waals surface area contributed by atoms with Crippen molar-refractivity contribution in [2.45, 2.75) is 26.8 Å². The lowest BCUT2D eigenvalue weighted by Gasteiger charge is -2.38. The number of urea groups is 1. The Morgan fingerprint density at radius 1 is 1.00 bits per heavy atom. The summed E-state index contributed by atoms with van der Waals surface area (Å²) >= 11 is 0. The summed E-state index contributed by atoms with van der Waals surface area (Å²) in [5.74, 6) is -0.197. The average molecular weight is 386 g/mol. The molecule has 1 aromatic rings. The van der Waals surface area contributed by atoms with E-state index in [4.69, 9.17) is 0 Å². The first kappa shape index (κ1) is 20.2. The SMILES string of the molecule is CCN(CC)C(=O)N1CCN(C(=O)C2CC(=O)N(Cc3ccccc3)C2)CC1. The van der Waals surface area contributed by atoms with Crippen LogP contribution in [0.1, 0.15) is 25.8 Å². The third-order valence-electron chi connectivity index (χ3n) is 5.68. The standard InChI is InChI=1S/C21H30N4O3/c1-3-22(4-2)21(28)24-12-10-23(11-13-24)20(27)18-14-19(26)25(16-18)15-17-8-6-5-7-9-17/h5-9,18H,3-4,10-16H2,1-2H3. The molecule has 0 aromatic heterocycles. The molecule has 0 spiro atoms. The molecule has 152 valence electrons. The Kier molecular flexibility index (Phi) is 6.54. The van der Waals surface area contributed by atoms with Crippen LogP contribution in [0.15, 0.2) is 30.3 Å². The number of hydrogen-bond donors (Lipinski definition) is 0. The Labute approximate surface area is 166 Å². The Balaban J connectivity index is 1.51. The second-order valence-electron chi connectivity index (χ2n) is 7.43. The van der Waals surface area contributed by atoms with Gasteiger partial charge in [-0.3, -0.25) is 9.59 Å². The van der Waals surface area contributed by atoms with E-state index in [1.54, 1.807) is 9.80 Å². The fraction of sp³-hybridized carbons (Fsp3) is 0.571. The second-order valence-corrected chi connectivity index (χ2v) is 7.43. The molecule has 2 aliphatic heterocycles. The van der Waals surface area contributed by atoms with Crippen LogP contribution in [-0.2, 0) is 16.1 Å². The maximum Gasteiger partial charge on any atom is 0.320 e. The van der Waals surface area contributed by atoms with Gasteiger partial charge in [0.05, 0.1) is 5.92 Å². The van der Waals surface area contributed by atoms with Gasteiger partial charge in [0.2, 0.25) is 11.8 Å². The lowest BCUT2D eigenvalue weighted by molar-refractivity contribution is -0.137. The van der Waals surface area contributed by atoms with Crippen molar-refractivity contribution in [1.29, 1.82) is 0 Å². The molecule has 0 saturated carbocycles. The molecule has 7 nitrogen and oxygen atoms in total. The van der Waals surface area contributed by atoms with E-state index in [-0.39, 0.29) is 30.2 Å². The van der Waals surface area contributed by atoms with E-state index in [1.807, 2.05) is 54.0 Å². The zero-order valence-electron chi connectivity index (χ0n) is 16.8. The maximum absolute atomic E-state index is 12.9. The Bertz CT molecular complexity index is 697. The van der Waals surface area contributed by atoms with Crippen LogP contribution in [0.2, 0.25) is 0 Å². The number of carbonyl (C=O) groups excluding carboxylic acids is 3. The third-order valence-corrected chi connectivity index (χ3v) is 5.68.